The fourth-order valence-electron chi connectivity index (χ4n) is 2.56. The van der Waals surface area contributed by atoms with Gasteiger partial charge in [0.05, 0.1) is 7.11 Å². The Labute approximate surface area is 160 Å². The predicted octanol–water partition coefficient (Wildman–Crippen LogP) is 3.23. The van der Waals surface area contributed by atoms with Crippen LogP contribution in [0.15, 0.2) is 53.1 Å². The maximum atomic E-state index is 11.9. The van der Waals surface area contributed by atoms with Crippen molar-refractivity contribution in [1.29, 1.82) is 0 Å². The molecule has 8 heteroatoms. The first-order valence-electron chi connectivity index (χ1n) is 8.43. The van der Waals surface area contributed by atoms with Crippen LogP contribution < -0.4 is 14.2 Å². The Morgan fingerprint density at radius 3 is 2.96 bits per heavy atom. The average molecular weight is 380 g/mol. The van der Waals surface area contributed by atoms with Crippen LogP contribution in [0.1, 0.15) is 11.5 Å². The molecule has 28 heavy (non-hydrogen) atoms. The summed E-state index contributed by atoms with van der Waals surface area (Å²) in [5, 5.41) is 3.90. The van der Waals surface area contributed by atoms with E-state index in [9.17, 15) is 4.79 Å². The molecule has 0 bridgehead atoms. The molecule has 1 aliphatic heterocycles. The summed E-state index contributed by atoms with van der Waals surface area (Å²) in [6.45, 7) is 0.0638. The van der Waals surface area contributed by atoms with E-state index in [-0.39, 0.29) is 19.3 Å². The molecular weight excluding hydrogens is 364 g/mol. The van der Waals surface area contributed by atoms with Crippen molar-refractivity contribution < 1.29 is 28.3 Å². The summed E-state index contributed by atoms with van der Waals surface area (Å²) in [5.41, 5.74) is 1.53. The number of rotatable bonds is 6. The highest BCUT2D eigenvalue weighted by atomic mass is 16.7. The van der Waals surface area contributed by atoms with Crippen molar-refractivity contribution >= 4 is 12.0 Å². The Morgan fingerprint density at radius 2 is 2.07 bits per heavy atom. The molecule has 0 radical (unpaired) electrons. The Morgan fingerprint density at radius 1 is 1.18 bits per heavy atom. The summed E-state index contributed by atoms with van der Waals surface area (Å²) in [4.78, 5) is 16.1. The van der Waals surface area contributed by atoms with Crippen LogP contribution in [0.4, 0.5) is 0 Å². The number of methoxy groups -OCH3 is 1. The summed E-state index contributed by atoms with van der Waals surface area (Å²) in [6, 6.07) is 12.6. The summed E-state index contributed by atoms with van der Waals surface area (Å²) in [7, 11) is 1.58. The van der Waals surface area contributed by atoms with Crippen molar-refractivity contribution in [2.24, 2.45) is 0 Å². The summed E-state index contributed by atoms with van der Waals surface area (Å²) < 4.78 is 26.0. The molecule has 2 heterocycles. The molecule has 0 saturated carbocycles. The zero-order valence-corrected chi connectivity index (χ0v) is 15.0. The van der Waals surface area contributed by atoms with Gasteiger partial charge in [-0.25, -0.2) is 4.79 Å². The summed E-state index contributed by atoms with van der Waals surface area (Å²) in [6.07, 6.45) is 2.96. The molecule has 0 N–H and O–H groups in total. The molecule has 2 aromatic carbocycles. The van der Waals surface area contributed by atoms with E-state index in [0.29, 0.717) is 28.6 Å². The summed E-state index contributed by atoms with van der Waals surface area (Å²) in [5.74, 6) is 2.04. The van der Waals surface area contributed by atoms with E-state index >= 15 is 0 Å². The monoisotopic (exact) mass is 380 g/mol. The number of esters is 1. The van der Waals surface area contributed by atoms with Crippen LogP contribution in [0.2, 0.25) is 0 Å². The van der Waals surface area contributed by atoms with Crippen LogP contribution in [-0.2, 0) is 16.1 Å². The van der Waals surface area contributed by atoms with Gasteiger partial charge < -0.3 is 23.5 Å². The van der Waals surface area contributed by atoms with E-state index in [2.05, 4.69) is 10.1 Å². The molecule has 4 rings (SSSR count). The SMILES string of the molecule is COc1cccc(/C=C/C(=O)OCc2nc(-c3ccc4c(c3)OCO4)no2)c1. The second-order valence-electron chi connectivity index (χ2n) is 5.80. The van der Waals surface area contributed by atoms with E-state index < -0.39 is 5.97 Å². The lowest BCUT2D eigenvalue weighted by molar-refractivity contribution is -0.139. The minimum atomic E-state index is -0.523. The molecule has 8 nitrogen and oxygen atoms in total. The highest BCUT2D eigenvalue weighted by molar-refractivity contribution is 5.87. The normalized spacial score (nSPS) is 12.3. The zero-order chi connectivity index (χ0) is 19.3. The Bertz CT molecular complexity index is 1030. The number of benzene rings is 2. The highest BCUT2D eigenvalue weighted by Gasteiger charge is 2.16. The number of fused-ring (bicyclic) bond motifs is 1. The lowest BCUT2D eigenvalue weighted by Crippen LogP contribution is -2.01. The van der Waals surface area contributed by atoms with Crippen LogP contribution in [0, 0.1) is 0 Å². The van der Waals surface area contributed by atoms with Gasteiger partial charge in [0.25, 0.3) is 5.89 Å². The third-order valence-corrected chi connectivity index (χ3v) is 3.94. The molecular formula is C20H16N2O6. The molecule has 1 aromatic heterocycles. The molecule has 3 aromatic rings. The number of carbonyl (C=O) groups is 1. The van der Waals surface area contributed by atoms with Gasteiger partial charge in [-0.05, 0) is 42.0 Å². The fourth-order valence-corrected chi connectivity index (χ4v) is 2.56. The van der Waals surface area contributed by atoms with Crippen LogP contribution in [0.3, 0.4) is 0 Å². The van der Waals surface area contributed by atoms with Gasteiger partial charge in [-0.15, -0.1) is 0 Å². The highest BCUT2D eigenvalue weighted by Crippen LogP contribution is 2.35. The van der Waals surface area contributed by atoms with Crippen LogP contribution in [0.5, 0.6) is 17.2 Å². The third kappa shape index (κ3) is 3.96. The van der Waals surface area contributed by atoms with Crippen LogP contribution in [0.25, 0.3) is 17.5 Å². The third-order valence-electron chi connectivity index (χ3n) is 3.94. The number of aromatic nitrogens is 2. The molecule has 142 valence electrons. The van der Waals surface area contributed by atoms with E-state index in [1.807, 2.05) is 18.2 Å². The molecule has 0 amide bonds. The topological polar surface area (TPSA) is 92.9 Å². The van der Waals surface area contributed by atoms with Gasteiger partial charge in [0.2, 0.25) is 12.6 Å². The second-order valence-corrected chi connectivity index (χ2v) is 5.80. The first-order chi connectivity index (χ1) is 13.7. The van der Waals surface area contributed by atoms with Crippen molar-refractivity contribution in [3.63, 3.8) is 0 Å². The lowest BCUT2D eigenvalue weighted by Gasteiger charge is -2.00. The molecule has 0 unspecified atom stereocenters. The Hall–Kier alpha value is -3.81. The largest absolute Gasteiger partial charge is 0.497 e. The Balaban J connectivity index is 1.35. The molecule has 0 fully saturated rings. The van der Waals surface area contributed by atoms with Gasteiger partial charge in [-0.2, -0.15) is 4.98 Å². The summed E-state index contributed by atoms with van der Waals surface area (Å²) >= 11 is 0. The van der Waals surface area contributed by atoms with Gasteiger partial charge >= 0.3 is 5.97 Å². The van der Waals surface area contributed by atoms with Crippen LogP contribution >= 0.6 is 0 Å². The number of carbonyl (C=O) groups excluding carboxylic acids is 1. The van der Waals surface area contributed by atoms with Crippen LogP contribution in [-0.4, -0.2) is 30.0 Å². The first kappa shape index (κ1) is 17.6. The van der Waals surface area contributed by atoms with Gasteiger partial charge in [-0.3, -0.25) is 0 Å². The van der Waals surface area contributed by atoms with E-state index in [0.717, 1.165) is 5.56 Å². The van der Waals surface area contributed by atoms with Crippen molar-refractivity contribution in [2.45, 2.75) is 6.61 Å². The first-order valence-corrected chi connectivity index (χ1v) is 8.43. The van der Waals surface area contributed by atoms with Crippen molar-refractivity contribution in [3.05, 3.63) is 60.0 Å². The van der Waals surface area contributed by atoms with Crippen molar-refractivity contribution in [1.82, 2.24) is 10.1 Å². The number of ether oxygens (including phenoxy) is 4. The number of hydrogen-bond acceptors (Lipinski definition) is 8. The number of hydrogen-bond donors (Lipinski definition) is 0. The quantitative estimate of drug-likeness (QED) is 0.475. The smallest absolute Gasteiger partial charge is 0.331 e. The standard InChI is InChI=1S/C20H16N2O6/c1-24-15-4-2-3-13(9-15)5-8-19(23)25-11-18-21-20(22-28-18)14-6-7-16-17(10-14)27-12-26-16/h2-10H,11-12H2,1H3/b8-5+. The lowest BCUT2D eigenvalue weighted by atomic mass is 10.2. The molecule has 1 aliphatic rings. The van der Waals surface area contributed by atoms with Gasteiger partial charge in [0, 0.05) is 11.6 Å². The Kier molecular flexibility index (Phi) is 4.92. The minimum absolute atomic E-state index is 0.126. The van der Waals surface area contributed by atoms with Gasteiger partial charge in [-0.1, -0.05) is 17.3 Å². The van der Waals surface area contributed by atoms with E-state index in [1.165, 1.54) is 6.08 Å². The molecule has 0 aliphatic carbocycles. The molecule has 0 atom stereocenters. The number of nitrogens with zero attached hydrogens (tertiary/aromatic N) is 2. The van der Waals surface area contributed by atoms with Crippen molar-refractivity contribution in [3.8, 4) is 28.6 Å². The van der Waals surface area contributed by atoms with E-state index in [4.69, 9.17) is 23.5 Å². The maximum Gasteiger partial charge on any atom is 0.331 e. The van der Waals surface area contributed by atoms with Gasteiger partial charge in [0.1, 0.15) is 5.75 Å². The van der Waals surface area contributed by atoms with Crippen molar-refractivity contribution in [2.75, 3.05) is 13.9 Å². The average Bonchev–Trinajstić information content (AvgIpc) is 3.39. The zero-order valence-electron chi connectivity index (χ0n) is 15.0. The van der Waals surface area contributed by atoms with E-state index in [1.54, 1.807) is 37.5 Å². The minimum Gasteiger partial charge on any atom is -0.497 e. The predicted molar refractivity (Wildman–Crippen MR) is 97.7 cm³/mol. The van der Waals surface area contributed by atoms with Gasteiger partial charge in [0.15, 0.2) is 18.1 Å². The molecule has 0 saturated heterocycles. The fraction of sp³-hybridized carbons (Fsp3) is 0.150. The second kappa shape index (κ2) is 7.83. The molecule has 0 spiro atoms. The maximum absolute atomic E-state index is 11.9.